The Morgan fingerprint density at radius 1 is 1.42 bits per heavy atom. The zero-order valence-electron chi connectivity index (χ0n) is 11.6. The number of hydrogen-bond donors (Lipinski definition) is 2. The normalized spacial score (nSPS) is 25.4. The highest BCUT2D eigenvalue weighted by molar-refractivity contribution is 6.09. The van der Waals surface area contributed by atoms with Crippen LogP contribution in [0.25, 0.3) is 0 Å². The first-order valence-corrected chi connectivity index (χ1v) is 6.76. The standard InChI is InChI=1S/C15H19N3O/c1-9(2)18-14(19)17-13(16)15(18)7-6-11-5-4-10(3)8-12(11)15/h4-5,8-9H,6-7H2,1-3H3,(H2,16,17,19). The molecule has 4 heteroatoms. The Morgan fingerprint density at radius 2 is 2.16 bits per heavy atom. The highest BCUT2D eigenvalue weighted by Gasteiger charge is 2.55. The number of nitrogens with zero attached hydrogens (tertiary/aromatic N) is 1. The molecule has 1 aromatic carbocycles. The summed E-state index contributed by atoms with van der Waals surface area (Å²) in [6.07, 6.45) is 1.73. The number of amides is 2. The number of aryl methyl sites for hydroxylation is 2. The van der Waals surface area contributed by atoms with Gasteiger partial charge in [-0.05, 0) is 44.7 Å². The summed E-state index contributed by atoms with van der Waals surface area (Å²) in [5.41, 5.74) is 3.00. The summed E-state index contributed by atoms with van der Waals surface area (Å²) in [5.74, 6) is 0.329. The van der Waals surface area contributed by atoms with E-state index in [9.17, 15) is 4.79 Å². The lowest BCUT2D eigenvalue weighted by Gasteiger charge is -2.37. The van der Waals surface area contributed by atoms with Crippen LogP contribution < -0.4 is 5.32 Å². The molecule has 1 aliphatic heterocycles. The Bertz CT molecular complexity index is 579. The van der Waals surface area contributed by atoms with Crippen LogP contribution in [-0.2, 0) is 12.0 Å². The SMILES string of the molecule is Cc1ccc2c(c1)C1(CC2)C(=N)NC(=O)N1C(C)C. The van der Waals surface area contributed by atoms with E-state index in [1.54, 1.807) is 0 Å². The van der Waals surface area contributed by atoms with Crippen LogP contribution in [0.3, 0.4) is 0 Å². The fraction of sp³-hybridized carbons (Fsp3) is 0.467. The Balaban J connectivity index is 2.22. The second-order valence-electron chi connectivity index (χ2n) is 5.79. The van der Waals surface area contributed by atoms with Crippen LogP contribution in [0.1, 0.15) is 37.0 Å². The molecule has 1 heterocycles. The summed E-state index contributed by atoms with van der Waals surface area (Å²) in [6, 6.07) is 6.30. The van der Waals surface area contributed by atoms with Crippen LogP contribution in [0, 0.1) is 12.3 Å². The Labute approximate surface area is 113 Å². The number of amidine groups is 1. The monoisotopic (exact) mass is 257 g/mol. The predicted molar refractivity (Wildman–Crippen MR) is 74.4 cm³/mol. The van der Waals surface area contributed by atoms with Crippen molar-refractivity contribution in [2.45, 2.75) is 45.2 Å². The third kappa shape index (κ3) is 1.46. The van der Waals surface area contributed by atoms with Gasteiger partial charge in [0.05, 0.1) is 0 Å². The molecule has 0 bridgehead atoms. The topological polar surface area (TPSA) is 56.2 Å². The smallest absolute Gasteiger partial charge is 0.305 e. The molecule has 1 saturated heterocycles. The molecule has 2 amide bonds. The lowest BCUT2D eigenvalue weighted by Crippen LogP contribution is -2.48. The summed E-state index contributed by atoms with van der Waals surface area (Å²) in [4.78, 5) is 14.0. The zero-order valence-corrected chi connectivity index (χ0v) is 11.6. The van der Waals surface area contributed by atoms with Crippen molar-refractivity contribution in [2.75, 3.05) is 0 Å². The maximum absolute atomic E-state index is 12.2. The lowest BCUT2D eigenvalue weighted by atomic mass is 9.88. The van der Waals surface area contributed by atoms with Crippen molar-refractivity contribution in [3.05, 3.63) is 34.9 Å². The first kappa shape index (κ1) is 12.2. The van der Waals surface area contributed by atoms with E-state index < -0.39 is 5.54 Å². The van der Waals surface area contributed by atoms with Gasteiger partial charge in [-0.15, -0.1) is 0 Å². The average Bonchev–Trinajstić information content (AvgIpc) is 2.80. The van der Waals surface area contributed by atoms with Gasteiger partial charge in [-0.2, -0.15) is 0 Å². The summed E-state index contributed by atoms with van der Waals surface area (Å²) < 4.78 is 0. The summed E-state index contributed by atoms with van der Waals surface area (Å²) in [6.45, 7) is 6.07. The minimum atomic E-state index is -0.563. The van der Waals surface area contributed by atoms with Crippen LogP contribution in [0.4, 0.5) is 4.79 Å². The minimum Gasteiger partial charge on any atom is -0.305 e. The molecule has 19 heavy (non-hydrogen) atoms. The first-order chi connectivity index (χ1) is 8.96. The van der Waals surface area contributed by atoms with Crippen LogP contribution in [0.5, 0.6) is 0 Å². The van der Waals surface area contributed by atoms with Crippen molar-refractivity contribution in [1.82, 2.24) is 10.2 Å². The van der Waals surface area contributed by atoms with Gasteiger partial charge in [-0.3, -0.25) is 10.7 Å². The van der Waals surface area contributed by atoms with Gasteiger partial charge >= 0.3 is 6.03 Å². The van der Waals surface area contributed by atoms with Crippen LogP contribution in [0.15, 0.2) is 18.2 Å². The summed E-state index contributed by atoms with van der Waals surface area (Å²) in [5, 5.41) is 11.0. The predicted octanol–water partition coefficient (Wildman–Crippen LogP) is 2.55. The molecule has 1 fully saturated rings. The van der Waals surface area contributed by atoms with Gasteiger partial charge in [-0.1, -0.05) is 23.8 Å². The van der Waals surface area contributed by atoms with Crippen molar-refractivity contribution in [3.63, 3.8) is 0 Å². The number of nitrogens with one attached hydrogen (secondary N) is 2. The quantitative estimate of drug-likeness (QED) is 0.798. The molecule has 2 aliphatic rings. The van der Waals surface area contributed by atoms with Gasteiger partial charge in [0.15, 0.2) is 0 Å². The second-order valence-corrected chi connectivity index (χ2v) is 5.79. The molecule has 2 N–H and O–H groups in total. The maximum Gasteiger partial charge on any atom is 0.324 e. The molecule has 0 aromatic heterocycles. The van der Waals surface area contributed by atoms with E-state index in [0.717, 1.165) is 18.4 Å². The van der Waals surface area contributed by atoms with E-state index in [4.69, 9.17) is 5.41 Å². The lowest BCUT2D eigenvalue weighted by molar-refractivity contribution is 0.148. The Morgan fingerprint density at radius 3 is 2.84 bits per heavy atom. The highest BCUT2D eigenvalue weighted by Crippen LogP contribution is 2.45. The average molecular weight is 257 g/mol. The molecule has 1 unspecified atom stereocenters. The van der Waals surface area contributed by atoms with Crippen LogP contribution in [0.2, 0.25) is 0 Å². The van der Waals surface area contributed by atoms with E-state index in [1.165, 1.54) is 11.1 Å². The van der Waals surface area contributed by atoms with Gasteiger partial charge in [0.25, 0.3) is 0 Å². The zero-order chi connectivity index (χ0) is 13.8. The largest absolute Gasteiger partial charge is 0.324 e. The molecule has 0 saturated carbocycles. The van der Waals surface area contributed by atoms with Gasteiger partial charge in [-0.25, -0.2) is 4.79 Å². The second kappa shape index (κ2) is 3.83. The summed E-state index contributed by atoms with van der Waals surface area (Å²) in [7, 11) is 0. The molecular weight excluding hydrogens is 238 g/mol. The molecule has 0 radical (unpaired) electrons. The minimum absolute atomic E-state index is 0.0781. The molecule has 100 valence electrons. The number of urea groups is 1. The Kier molecular flexibility index (Phi) is 2.46. The molecule has 4 nitrogen and oxygen atoms in total. The third-order valence-corrected chi connectivity index (χ3v) is 4.26. The molecule has 1 spiro atoms. The van der Waals surface area contributed by atoms with Gasteiger partial charge in [0, 0.05) is 6.04 Å². The summed E-state index contributed by atoms with van der Waals surface area (Å²) >= 11 is 0. The molecule has 1 aliphatic carbocycles. The number of hydrogen-bond acceptors (Lipinski definition) is 2. The van der Waals surface area contributed by atoms with Gasteiger partial charge < -0.3 is 4.90 Å². The van der Waals surface area contributed by atoms with Crippen molar-refractivity contribution >= 4 is 11.9 Å². The maximum atomic E-state index is 12.2. The van der Waals surface area contributed by atoms with E-state index in [0.29, 0.717) is 5.84 Å². The van der Waals surface area contributed by atoms with E-state index >= 15 is 0 Å². The molecular formula is C15H19N3O. The number of benzene rings is 1. The highest BCUT2D eigenvalue weighted by atomic mass is 16.2. The number of carbonyl (C=O) groups is 1. The van der Waals surface area contributed by atoms with Gasteiger partial charge in [0.1, 0.15) is 11.4 Å². The van der Waals surface area contributed by atoms with Crippen molar-refractivity contribution in [2.24, 2.45) is 0 Å². The molecule has 1 atom stereocenters. The van der Waals surface area contributed by atoms with Gasteiger partial charge in [0.2, 0.25) is 0 Å². The number of fused-ring (bicyclic) bond motifs is 2. The first-order valence-electron chi connectivity index (χ1n) is 6.76. The fourth-order valence-corrected chi connectivity index (χ4v) is 3.49. The van der Waals surface area contributed by atoms with Crippen molar-refractivity contribution in [3.8, 4) is 0 Å². The van der Waals surface area contributed by atoms with Crippen LogP contribution in [-0.4, -0.2) is 22.8 Å². The number of rotatable bonds is 1. The van der Waals surface area contributed by atoms with E-state index in [2.05, 4.69) is 30.4 Å². The van der Waals surface area contributed by atoms with E-state index in [-0.39, 0.29) is 12.1 Å². The van der Waals surface area contributed by atoms with E-state index in [1.807, 2.05) is 18.7 Å². The fourth-order valence-electron chi connectivity index (χ4n) is 3.49. The molecule has 3 rings (SSSR count). The van der Waals surface area contributed by atoms with Crippen molar-refractivity contribution < 1.29 is 4.79 Å². The third-order valence-electron chi connectivity index (χ3n) is 4.26. The van der Waals surface area contributed by atoms with Crippen molar-refractivity contribution in [1.29, 1.82) is 5.41 Å². The molecule has 1 aromatic rings. The van der Waals surface area contributed by atoms with Crippen LogP contribution >= 0.6 is 0 Å². The Hall–Kier alpha value is -1.84. The number of carbonyl (C=O) groups excluding carboxylic acids is 1.